The third-order valence-corrected chi connectivity index (χ3v) is 0.952. The van der Waals surface area contributed by atoms with E-state index in [0.717, 1.165) is 0 Å². The van der Waals surface area contributed by atoms with Gasteiger partial charge in [0.05, 0.1) is 0 Å². The van der Waals surface area contributed by atoms with Crippen molar-refractivity contribution in [3.8, 4) is 0 Å². The number of carboxylic acids is 1. The van der Waals surface area contributed by atoms with Crippen LogP contribution in [0.1, 0.15) is 6.92 Å². The summed E-state index contributed by atoms with van der Waals surface area (Å²) in [5, 5.41) is 7.85. The first kappa shape index (κ1) is 12.2. The maximum atomic E-state index is 12.2. The third kappa shape index (κ3) is 5.40. The molecule has 0 aromatic carbocycles. The van der Waals surface area contributed by atoms with Gasteiger partial charge in [0.1, 0.15) is 13.2 Å². The molecule has 0 bridgehead atoms. The minimum Gasteiger partial charge on any atom is -0.477 e. The van der Waals surface area contributed by atoms with Gasteiger partial charge in [0.15, 0.2) is 0 Å². The number of rotatable bonds is 5. The van der Waals surface area contributed by atoms with Crippen molar-refractivity contribution in [2.24, 2.45) is 0 Å². The van der Waals surface area contributed by atoms with E-state index in [1.54, 1.807) is 0 Å². The van der Waals surface area contributed by atoms with Crippen molar-refractivity contribution in [1.82, 2.24) is 0 Å². The van der Waals surface area contributed by atoms with Crippen molar-refractivity contribution in [3.05, 3.63) is 0 Å². The molecule has 0 aliphatic heterocycles. The van der Waals surface area contributed by atoms with E-state index in [4.69, 9.17) is 5.11 Å². The lowest BCUT2D eigenvalue weighted by atomic mass is 10.3. The molecule has 0 radical (unpaired) electrons. The average Bonchev–Trinajstić information content (AvgIpc) is 1.82. The molecule has 0 atom stereocenters. The van der Waals surface area contributed by atoms with E-state index in [9.17, 15) is 22.4 Å². The van der Waals surface area contributed by atoms with E-state index >= 15 is 0 Å². The van der Waals surface area contributed by atoms with E-state index < -0.39 is 31.0 Å². The molecule has 0 aliphatic rings. The van der Waals surface area contributed by atoms with Crippen LogP contribution < -0.4 is 0 Å². The summed E-state index contributed by atoms with van der Waals surface area (Å²) in [5.41, 5.74) is 0. The molecule has 1 N–H and O–H groups in total. The van der Waals surface area contributed by atoms with Crippen LogP contribution in [0.5, 0.6) is 0 Å². The van der Waals surface area contributed by atoms with E-state index in [2.05, 4.69) is 4.74 Å². The summed E-state index contributed by atoms with van der Waals surface area (Å²) in [6, 6.07) is 0. The molecular formula is C6H8F4O3. The van der Waals surface area contributed by atoms with Crippen molar-refractivity contribution in [2.75, 3.05) is 13.2 Å². The number of halogens is 4. The zero-order valence-corrected chi connectivity index (χ0v) is 6.69. The van der Waals surface area contributed by atoms with Crippen LogP contribution in [0.4, 0.5) is 17.6 Å². The van der Waals surface area contributed by atoms with Gasteiger partial charge >= 0.3 is 11.9 Å². The van der Waals surface area contributed by atoms with Gasteiger partial charge in [-0.25, -0.2) is 13.6 Å². The van der Waals surface area contributed by atoms with Crippen LogP contribution in [0.3, 0.4) is 0 Å². The number of hydrogen-bond donors (Lipinski definition) is 1. The standard InChI is InChI=1S/C6H8F4O3/c1-5(7,8)2-13-3-6(9,10)4(11)12/h2-3H2,1H3,(H,11,12). The summed E-state index contributed by atoms with van der Waals surface area (Å²) in [6.07, 6.45) is 0. The molecule has 0 aliphatic carbocycles. The molecule has 78 valence electrons. The quantitative estimate of drug-likeness (QED) is 0.688. The van der Waals surface area contributed by atoms with E-state index in [1.807, 2.05) is 0 Å². The molecule has 0 rings (SSSR count). The normalized spacial score (nSPS) is 13.0. The minimum atomic E-state index is -4.12. The van der Waals surface area contributed by atoms with Crippen molar-refractivity contribution in [2.45, 2.75) is 18.8 Å². The van der Waals surface area contributed by atoms with Gasteiger partial charge in [-0.2, -0.15) is 8.78 Å². The lowest BCUT2D eigenvalue weighted by Gasteiger charge is -2.14. The van der Waals surface area contributed by atoms with Crippen LogP contribution >= 0.6 is 0 Å². The first-order valence-corrected chi connectivity index (χ1v) is 3.22. The zero-order chi connectivity index (χ0) is 10.7. The van der Waals surface area contributed by atoms with Gasteiger partial charge < -0.3 is 9.84 Å². The summed E-state index contributed by atoms with van der Waals surface area (Å²) < 4.78 is 52.1. The Kier molecular flexibility index (Phi) is 3.65. The molecule has 0 saturated heterocycles. The van der Waals surface area contributed by atoms with Crippen LogP contribution in [0, 0.1) is 0 Å². The summed E-state index contributed by atoms with van der Waals surface area (Å²) in [4.78, 5) is 9.76. The number of carbonyl (C=O) groups is 1. The van der Waals surface area contributed by atoms with Gasteiger partial charge in [-0.3, -0.25) is 0 Å². The highest BCUT2D eigenvalue weighted by Gasteiger charge is 2.40. The summed E-state index contributed by atoms with van der Waals surface area (Å²) in [5.74, 6) is -9.76. The van der Waals surface area contributed by atoms with Crippen LogP contribution in [-0.4, -0.2) is 36.1 Å². The predicted octanol–water partition coefficient (Wildman–Crippen LogP) is 1.38. The summed E-state index contributed by atoms with van der Waals surface area (Å²) >= 11 is 0. The number of alkyl halides is 4. The predicted molar refractivity (Wildman–Crippen MR) is 34.0 cm³/mol. The van der Waals surface area contributed by atoms with Gasteiger partial charge in [0.25, 0.3) is 5.92 Å². The summed E-state index contributed by atoms with van der Waals surface area (Å²) in [6.45, 7) is -2.30. The van der Waals surface area contributed by atoms with E-state index in [0.29, 0.717) is 6.92 Å². The Morgan fingerprint density at radius 3 is 2.08 bits per heavy atom. The molecule has 0 fully saturated rings. The molecule has 3 nitrogen and oxygen atoms in total. The SMILES string of the molecule is CC(F)(F)COCC(F)(F)C(=O)O. The Labute approximate surface area is 71.3 Å². The Bertz CT molecular complexity index is 187. The second-order valence-electron chi connectivity index (χ2n) is 2.57. The van der Waals surface area contributed by atoms with Crippen molar-refractivity contribution < 1.29 is 32.2 Å². The topological polar surface area (TPSA) is 46.5 Å². The molecule has 0 unspecified atom stereocenters. The van der Waals surface area contributed by atoms with Gasteiger partial charge in [0.2, 0.25) is 0 Å². The fourth-order valence-electron chi connectivity index (χ4n) is 0.420. The molecule has 7 heteroatoms. The highest BCUT2D eigenvalue weighted by atomic mass is 19.3. The fraction of sp³-hybridized carbons (Fsp3) is 0.833. The third-order valence-electron chi connectivity index (χ3n) is 0.952. The van der Waals surface area contributed by atoms with E-state index in [1.165, 1.54) is 0 Å². The summed E-state index contributed by atoms with van der Waals surface area (Å²) in [7, 11) is 0. The second kappa shape index (κ2) is 3.91. The number of ether oxygens (including phenoxy) is 1. The Morgan fingerprint density at radius 1 is 1.31 bits per heavy atom. The van der Waals surface area contributed by atoms with Gasteiger partial charge in [-0.05, 0) is 0 Å². The Morgan fingerprint density at radius 2 is 1.77 bits per heavy atom. The highest BCUT2D eigenvalue weighted by molar-refractivity contribution is 5.75. The molecule has 0 aromatic rings. The maximum Gasteiger partial charge on any atom is 0.377 e. The van der Waals surface area contributed by atoms with Crippen molar-refractivity contribution in [3.63, 3.8) is 0 Å². The molecule has 0 heterocycles. The van der Waals surface area contributed by atoms with Gasteiger partial charge in [-0.15, -0.1) is 0 Å². The second-order valence-corrected chi connectivity index (χ2v) is 2.57. The van der Waals surface area contributed by atoms with Crippen molar-refractivity contribution in [1.29, 1.82) is 0 Å². The van der Waals surface area contributed by atoms with Crippen LogP contribution in [0.15, 0.2) is 0 Å². The smallest absolute Gasteiger partial charge is 0.377 e. The maximum absolute atomic E-state index is 12.2. The first-order valence-electron chi connectivity index (χ1n) is 3.22. The lowest BCUT2D eigenvalue weighted by Crippen LogP contribution is -2.35. The number of aliphatic carboxylic acids is 1. The molecular weight excluding hydrogens is 196 g/mol. The van der Waals surface area contributed by atoms with E-state index in [-0.39, 0.29) is 0 Å². The largest absolute Gasteiger partial charge is 0.477 e. The first-order chi connectivity index (χ1) is 5.65. The molecule has 0 saturated carbocycles. The number of hydrogen-bond acceptors (Lipinski definition) is 2. The molecule has 0 amide bonds. The Hall–Kier alpha value is -0.850. The highest BCUT2D eigenvalue weighted by Crippen LogP contribution is 2.17. The Balaban J connectivity index is 3.84. The zero-order valence-electron chi connectivity index (χ0n) is 6.69. The fourth-order valence-corrected chi connectivity index (χ4v) is 0.420. The number of carboxylic acid groups (broad SMARTS) is 1. The molecule has 0 aromatic heterocycles. The lowest BCUT2D eigenvalue weighted by molar-refractivity contribution is -0.178. The minimum absolute atomic E-state index is 0.478. The van der Waals surface area contributed by atoms with Crippen LogP contribution in [-0.2, 0) is 9.53 Å². The molecule has 13 heavy (non-hydrogen) atoms. The van der Waals surface area contributed by atoms with Crippen LogP contribution in [0.2, 0.25) is 0 Å². The van der Waals surface area contributed by atoms with Gasteiger partial charge in [-0.1, -0.05) is 0 Å². The molecule has 0 spiro atoms. The van der Waals surface area contributed by atoms with Crippen LogP contribution in [0.25, 0.3) is 0 Å². The monoisotopic (exact) mass is 204 g/mol. The van der Waals surface area contributed by atoms with Crippen molar-refractivity contribution >= 4 is 5.97 Å². The average molecular weight is 204 g/mol. The van der Waals surface area contributed by atoms with Gasteiger partial charge in [0, 0.05) is 6.92 Å².